The molecule has 26 heavy (non-hydrogen) atoms. The van der Waals surface area contributed by atoms with Crippen LogP contribution in [0.25, 0.3) is 0 Å². The number of hydrogen-bond acceptors (Lipinski definition) is 1. The molecule has 1 rings (SSSR count). The predicted molar refractivity (Wildman–Crippen MR) is 119 cm³/mol. The van der Waals surface area contributed by atoms with Gasteiger partial charge in [0, 0.05) is 0 Å². The van der Waals surface area contributed by atoms with Gasteiger partial charge in [-0.25, -0.2) is 0 Å². The van der Waals surface area contributed by atoms with Crippen LogP contribution in [0.5, 0.6) is 5.75 Å². The number of unbranched alkanes of at least 4 members (excludes halogenated alkanes) is 3. The first-order chi connectivity index (χ1) is 12.4. The van der Waals surface area contributed by atoms with Crippen molar-refractivity contribution in [3.8, 4) is 5.75 Å². The van der Waals surface area contributed by atoms with E-state index in [0.717, 1.165) is 12.3 Å². The maximum atomic E-state index is 5.32. The molecule has 0 aliphatic carbocycles. The van der Waals surface area contributed by atoms with E-state index in [2.05, 4.69) is 59.1 Å². The quantitative estimate of drug-likeness (QED) is 0.219. The molecular weight excluding hydrogens is 425 g/mol. The van der Waals surface area contributed by atoms with Crippen molar-refractivity contribution in [2.24, 2.45) is 0 Å². The summed E-state index contributed by atoms with van der Waals surface area (Å²) < 4.78 is 12.8. The number of quaternary nitrogens is 1. The van der Waals surface area contributed by atoms with Gasteiger partial charge in [-0.2, -0.15) is 0 Å². The van der Waals surface area contributed by atoms with Gasteiger partial charge in [-0.1, -0.05) is 0 Å². The molecule has 0 amide bonds. The van der Waals surface area contributed by atoms with Gasteiger partial charge in [-0.3, -0.25) is 0 Å². The van der Waals surface area contributed by atoms with Crippen LogP contribution in [0, 0.1) is 0 Å². The molecule has 0 bridgehead atoms. The van der Waals surface area contributed by atoms with Crippen molar-refractivity contribution in [3.63, 3.8) is 0 Å². The molecule has 3 heteroatoms. The van der Waals surface area contributed by atoms with Crippen LogP contribution in [0.2, 0.25) is 13.3 Å². The fourth-order valence-corrected chi connectivity index (χ4v) is 22.9. The molecule has 0 radical (unpaired) electrons. The summed E-state index contributed by atoms with van der Waals surface area (Å²) in [6.45, 7) is 8.25. The third-order valence-corrected chi connectivity index (χ3v) is 22.2. The van der Waals surface area contributed by atoms with Crippen molar-refractivity contribution in [1.29, 1.82) is 0 Å². The van der Waals surface area contributed by atoms with Gasteiger partial charge in [0.25, 0.3) is 0 Å². The topological polar surface area (TPSA) is 9.23 Å². The van der Waals surface area contributed by atoms with E-state index >= 15 is 0 Å². The van der Waals surface area contributed by atoms with Gasteiger partial charge in [0.05, 0.1) is 0 Å². The van der Waals surface area contributed by atoms with Crippen LogP contribution in [-0.4, -0.2) is 48.6 Å². The number of nitrogens with zero attached hydrogens (tertiary/aromatic N) is 1. The van der Waals surface area contributed by atoms with Crippen molar-refractivity contribution in [1.82, 2.24) is 0 Å². The fourth-order valence-electron chi connectivity index (χ4n) is 4.46. The monoisotopic (exact) mass is 470 g/mol. The van der Waals surface area contributed by atoms with E-state index in [-0.39, 0.29) is 0 Å². The second-order valence-corrected chi connectivity index (χ2v) is 22.7. The molecule has 2 nitrogen and oxygen atoms in total. The minimum absolute atomic E-state index is 0.960. The second-order valence-electron chi connectivity index (χ2n) is 8.91. The summed E-state index contributed by atoms with van der Waals surface area (Å²) >= 11 is -2.10. The van der Waals surface area contributed by atoms with Crippen molar-refractivity contribution < 1.29 is 9.22 Å². The van der Waals surface area contributed by atoms with Gasteiger partial charge in [-0.15, -0.1) is 0 Å². The molecule has 0 aliphatic heterocycles. The Balaban J connectivity index is 2.91. The SMILES string of the molecule is CCC[CH2][Sn]([CH2]CCC)([CH2]CCC)[CH2][N+](C)(C)Cc1ccc(OC)cc1. The molecule has 0 spiro atoms. The van der Waals surface area contributed by atoms with Crippen molar-refractivity contribution in [2.75, 3.05) is 25.8 Å². The Morgan fingerprint density at radius 1 is 0.808 bits per heavy atom. The van der Waals surface area contributed by atoms with Gasteiger partial charge < -0.3 is 0 Å². The van der Waals surface area contributed by atoms with E-state index < -0.39 is 18.4 Å². The standard InChI is InChI=1S/C11H17NO.3C4H9.Sn/c1-12(2,3)9-10-5-7-11(13-4)8-6-10;3*1-3-4-2;/h5-8H,1,9H2,2-4H3;3*1,3-4H2,2H3;/q+1;;;;. The zero-order valence-corrected chi connectivity index (χ0v) is 21.3. The molecule has 0 saturated heterocycles. The van der Waals surface area contributed by atoms with Crippen LogP contribution < -0.4 is 4.74 Å². The third-order valence-electron chi connectivity index (χ3n) is 5.72. The predicted octanol–water partition coefficient (Wildman–Crippen LogP) is 6.66. The van der Waals surface area contributed by atoms with Crippen molar-refractivity contribution >= 4 is 18.4 Å². The van der Waals surface area contributed by atoms with E-state index in [0.29, 0.717) is 0 Å². The van der Waals surface area contributed by atoms with Gasteiger partial charge in [0.1, 0.15) is 0 Å². The first-order valence-electron chi connectivity index (χ1n) is 10.8. The Hall–Kier alpha value is -0.221. The summed E-state index contributed by atoms with van der Waals surface area (Å²) in [5, 5.41) is 0. The molecule has 1 aromatic rings. The minimum atomic E-state index is -2.10. The van der Waals surface area contributed by atoms with E-state index in [4.69, 9.17) is 4.74 Å². The number of rotatable bonds is 14. The molecule has 0 fully saturated rings. The molecule has 0 N–H and O–H groups in total. The van der Waals surface area contributed by atoms with Crippen molar-refractivity contribution in [3.05, 3.63) is 29.8 Å². The zero-order chi connectivity index (χ0) is 19.5. The van der Waals surface area contributed by atoms with E-state index in [1.807, 2.05) is 0 Å². The average molecular weight is 469 g/mol. The third kappa shape index (κ3) is 8.64. The first-order valence-corrected chi connectivity index (χ1v) is 18.9. The van der Waals surface area contributed by atoms with Crippen LogP contribution in [0.3, 0.4) is 0 Å². The van der Waals surface area contributed by atoms with Crippen molar-refractivity contribution in [2.45, 2.75) is 79.2 Å². The van der Waals surface area contributed by atoms with Crippen LogP contribution in [0.4, 0.5) is 0 Å². The molecule has 0 heterocycles. The van der Waals surface area contributed by atoms with Gasteiger partial charge in [0.15, 0.2) is 0 Å². The molecule has 0 atom stereocenters. The van der Waals surface area contributed by atoms with Crippen LogP contribution in [0.1, 0.15) is 64.9 Å². The average Bonchev–Trinajstić information content (AvgIpc) is 2.63. The Kier molecular flexibility index (Phi) is 11.2. The van der Waals surface area contributed by atoms with Gasteiger partial charge >= 0.3 is 168 Å². The number of methoxy groups -OCH3 is 1. The second kappa shape index (κ2) is 12.3. The summed E-state index contributed by atoms with van der Waals surface area (Å²) in [7, 11) is 6.69. The summed E-state index contributed by atoms with van der Waals surface area (Å²) in [5.74, 6) is 0.960. The zero-order valence-electron chi connectivity index (χ0n) is 18.4. The summed E-state index contributed by atoms with van der Waals surface area (Å²) in [5.41, 5.74) is 1.44. The van der Waals surface area contributed by atoms with E-state index in [1.54, 1.807) is 20.4 Å². The maximum absolute atomic E-state index is 5.32. The number of benzene rings is 1. The van der Waals surface area contributed by atoms with Gasteiger partial charge in [-0.05, 0) is 0 Å². The molecule has 150 valence electrons. The summed E-state index contributed by atoms with van der Waals surface area (Å²) in [6.07, 6.45) is 8.48. The fraction of sp³-hybridized carbons (Fsp3) is 0.739. The molecule has 1 aromatic carbocycles. The van der Waals surface area contributed by atoms with Crippen LogP contribution >= 0.6 is 0 Å². The van der Waals surface area contributed by atoms with Crippen LogP contribution in [-0.2, 0) is 6.54 Å². The van der Waals surface area contributed by atoms with E-state index in [1.165, 1.54) is 53.1 Å². The van der Waals surface area contributed by atoms with Crippen LogP contribution in [0.15, 0.2) is 24.3 Å². The summed E-state index contributed by atoms with van der Waals surface area (Å²) in [4.78, 5) is 0. The molecule has 0 saturated carbocycles. The number of ether oxygens (including phenoxy) is 1. The first kappa shape index (κ1) is 23.8. The summed E-state index contributed by atoms with van der Waals surface area (Å²) in [6, 6.07) is 8.72. The van der Waals surface area contributed by atoms with Gasteiger partial charge in [0.2, 0.25) is 0 Å². The normalized spacial score (nSPS) is 12.4. The Labute approximate surface area is 167 Å². The Morgan fingerprint density at radius 2 is 1.27 bits per heavy atom. The van der Waals surface area contributed by atoms with E-state index in [9.17, 15) is 0 Å². The molecule has 0 unspecified atom stereocenters. The molecular formula is C23H44NOSn+. The molecule has 0 aromatic heterocycles. The molecule has 0 aliphatic rings. The Bertz CT molecular complexity index is 462. The Morgan fingerprint density at radius 3 is 1.65 bits per heavy atom. The number of hydrogen-bond donors (Lipinski definition) is 0.